The van der Waals surface area contributed by atoms with Gasteiger partial charge in [0, 0.05) is 51.7 Å². The van der Waals surface area contributed by atoms with Crippen molar-refractivity contribution < 1.29 is 4.79 Å². The Morgan fingerprint density at radius 1 is 1.29 bits per heavy atom. The van der Waals surface area contributed by atoms with E-state index in [1.807, 2.05) is 25.3 Å². The Morgan fingerprint density at radius 3 is 2.64 bits per heavy atom. The second-order valence-electron chi connectivity index (χ2n) is 7.24. The van der Waals surface area contributed by atoms with E-state index in [1.54, 1.807) is 19.5 Å². The first-order chi connectivity index (χ1) is 13.4. The zero-order chi connectivity index (χ0) is 20.9. The first-order valence-corrected chi connectivity index (χ1v) is 9.93. The number of amides is 1. The number of allylic oxidation sites excluding steroid dienone is 6. The summed E-state index contributed by atoms with van der Waals surface area (Å²) in [6.45, 7) is 12.4. The molecule has 0 saturated carbocycles. The van der Waals surface area contributed by atoms with Gasteiger partial charge in [0.2, 0.25) is 5.91 Å². The Kier molecular flexibility index (Phi) is 10.9. The van der Waals surface area contributed by atoms with Crippen molar-refractivity contribution in [3.63, 3.8) is 0 Å². The molecule has 28 heavy (non-hydrogen) atoms. The molecule has 1 amide bonds. The van der Waals surface area contributed by atoms with Crippen LogP contribution in [0.2, 0.25) is 0 Å². The lowest BCUT2D eigenvalue weighted by molar-refractivity contribution is -0.118. The van der Waals surface area contributed by atoms with E-state index in [9.17, 15) is 4.79 Å². The Hall–Kier alpha value is -2.40. The number of piperidine rings is 1. The van der Waals surface area contributed by atoms with Gasteiger partial charge in [-0.25, -0.2) is 0 Å². The van der Waals surface area contributed by atoms with Crippen LogP contribution in [0, 0.1) is 0 Å². The molecule has 154 valence electrons. The summed E-state index contributed by atoms with van der Waals surface area (Å²) in [6, 6.07) is 0.641. The summed E-state index contributed by atoms with van der Waals surface area (Å²) in [5.74, 6) is -0.101. The molecule has 1 atom stereocenters. The number of hydrogen-bond donors (Lipinski definition) is 2. The van der Waals surface area contributed by atoms with Crippen LogP contribution in [0.15, 0.2) is 64.5 Å². The van der Waals surface area contributed by atoms with E-state index in [4.69, 9.17) is 0 Å². The third-order valence-corrected chi connectivity index (χ3v) is 4.74. The highest BCUT2D eigenvalue weighted by Gasteiger charge is 2.17. The summed E-state index contributed by atoms with van der Waals surface area (Å²) in [4.78, 5) is 17.6. The lowest BCUT2D eigenvalue weighted by Crippen LogP contribution is -2.38. The van der Waals surface area contributed by atoms with Crippen LogP contribution in [0.25, 0.3) is 0 Å². The van der Waals surface area contributed by atoms with E-state index in [1.165, 1.54) is 38.3 Å². The number of likely N-dealkylation sites (tertiary alicyclic amines) is 1. The van der Waals surface area contributed by atoms with Gasteiger partial charge in [-0.05, 0) is 62.6 Å². The van der Waals surface area contributed by atoms with Gasteiger partial charge < -0.3 is 10.6 Å². The predicted octanol–water partition coefficient (Wildman–Crippen LogP) is 3.74. The van der Waals surface area contributed by atoms with Gasteiger partial charge in [-0.1, -0.05) is 24.6 Å². The maximum Gasteiger partial charge on any atom is 0.220 e. The number of nitrogens with one attached hydrogen (secondary N) is 2. The fourth-order valence-electron chi connectivity index (χ4n) is 3.16. The molecule has 0 aromatic rings. The summed E-state index contributed by atoms with van der Waals surface area (Å²) >= 11 is 0. The minimum atomic E-state index is -0.101. The molecule has 0 spiro atoms. The third kappa shape index (κ3) is 9.00. The number of likely N-dealkylation sites (N-methyl/N-ethyl adjacent to an activating group) is 1. The lowest BCUT2D eigenvalue weighted by Gasteiger charge is -2.33. The summed E-state index contributed by atoms with van der Waals surface area (Å²) in [5, 5.41) is 5.78. The second kappa shape index (κ2) is 12.9. The highest BCUT2D eigenvalue weighted by Crippen LogP contribution is 2.20. The standard InChI is InChI=1S/C23H36N4O/c1-18(17-27-14-8-7-9-20(27)3)15-19(2)22(10-12-24-5)16-23(25-6)11-13-26-21(4)28/h10-13,15-16,20,25H,2,7-9,14,17H2,1,3-6H3,(H,26,28)/b13-11-,18-15+,22-10-,23-16+,24-12?. The minimum Gasteiger partial charge on any atom is -0.388 e. The molecule has 1 fully saturated rings. The van der Waals surface area contributed by atoms with Gasteiger partial charge >= 0.3 is 0 Å². The number of rotatable bonds is 9. The van der Waals surface area contributed by atoms with E-state index >= 15 is 0 Å². The molecule has 0 radical (unpaired) electrons. The highest BCUT2D eigenvalue weighted by atomic mass is 16.1. The van der Waals surface area contributed by atoms with Crippen molar-refractivity contribution in [3.8, 4) is 0 Å². The molecule has 0 aliphatic carbocycles. The van der Waals surface area contributed by atoms with Crippen LogP contribution in [0.1, 0.15) is 40.0 Å². The number of aliphatic imine (C=N–C) groups is 1. The van der Waals surface area contributed by atoms with E-state index < -0.39 is 0 Å². The van der Waals surface area contributed by atoms with E-state index in [0.29, 0.717) is 6.04 Å². The number of hydrogen-bond acceptors (Lipinski definition) is 4. The second-order valence-corrected chi connectivity index (χ2v) is 7.24. The zero-order valence-electron chi connectivity index (χ0n) is 18.1. The number of carbonyl (C=O) groups is 1. The summed E-state index contributed by atoms with van der Waals surface area (Å²) < 4.78 is 0. The largest absolute Gasteiger partial charge is 0.388 e. The van der Waals surface area contributed by atoms with Crippen molar-refractivity contribution in [2.24, 2.45) is 4.99 Å². The average Bonchev–Trinajstić information content (AvgIpc) is 2.65. The molecule has 1 rings (SSSR count). The molecule has 5 heteroatoms. The van der Waals surface area contributed by atoms with Gasteiger partial charge in [0.15, 0.2) is 0 Å². The normalized spacial score (nSPS) is 20.0. The van der Waals surface area contributed by atoms with E-state index in [0.717, 1.165) is 23.4 Å². The topological polar surface area (TPSA) is 56.7 Å². The van der Waals surface area contributed by atoms with Crippen LogP contribution >= 0.6 is 0 Å². The SMILES string of the molecule is C=C(/C=C(\C)CN1CCCCC1C)C(=C\C=NC)/C=C(\C=C/NC(C)=O)NC. The molecule has 1 unspecified atom stereocenters. The highest BCUT2D eigenvalue weighted by molar-refractivity contribution is 5.75. The molecule has 5 nitrogen and oxygen atoms in total. The third-order valence-electron chi connectivity index (χ3n) is 4.74. The van der Waals surface area contributed by atoms with Crippen LogP contribution < -0.4 is 10.6 Å². The van der Waals surface area contributed by atoms with Crippen LogP contribution in [-0.4, -0.2) is 50.2 Å². The Bertz CT molecular complexity index is 683. The van der Waals surface area contributed by atoms with Crippen LogP contribution in [-0.2, 0) is 4.79 Å². The fraction of sp³-hybridized carbons (Fsp3) is 0.478. The van der Waals surface area contributed by atoms with E-state index in [-0.39, 0.29) is 5.91 Å². The Balaban J connectivity index is 2.95. The quantitative estimate of drug-likeness (QED) is 0.470. The van der Waals surface area contributed by atoms with Crippen molar-refractivity contribution in [1.29, 1.82) is 0 Å². The summed E-state index contributed by atoms with van der Waals surface area (Å²) in [5.41, 5.74) is 4.06. The molecule has 0 aromatic heterocycles. The number of carbonyl (C=O) groups excluding carboxylic acids is 1. The fourth-order valence-corrected chi connectivity index (χ4v) is 3.16. The van der Waals surface area contributed by atoms with Crippen molar-refractivity contribution in [2.45, 2.75) is 46.1 Å². The van der Waals surface area contributed by atoms with Gasteiger partial charge in [0.1, 0.15) is 0 Å². The van der Waals surface area contributed by atoms with Crippen LogP contribution in [0.3, 0.4) is 0 Å². The zero-order valence-corrected chi connectivity index (χ0v) is 18.1. The summed E-state index contributed by atoms with van der Waals surface area (Å²) in [6.07, 6.45) is 15.2. The first-order valence-electron chi connectivity index (χ1n) is 9.93. The maximum absolute atomic E-state index is 11.0. The van der Waals surface area contributed by atoms with Crippen LogP contribution in [0.5, 0.6) is 0 Å². The molecule has 0 bridgehead atoms. The maximum atomic E-state index is 11.0. The molecule has 1 heterocycles. The summed E-state index contributed by atoms with van der Waals surface area (Å²) in [7, 11) is 3.59. The molecule has 2 N–H and O–H groups in total. The minimum absolute atomic E-state index is 0.101. The molecular formula is C23H36N4O. The van der Waals surface area contributed by atoms with Gasteiger partial charge in [0.25, 0.3) is 0 Å². The van der Waals surface area contributed by atoms with Crippen molar-refractivity contribution in [2.75, 3.05) is 27.2 Å². The lowest BCUT2D eigenvalue weighted by atomic mass is 10.0. The molecule has 1 aliphatic rings. The van der Waals surface area contributed by atoms with Crippen molar-refractivity contribution in [1.82, 2.24) is 15.5 Å². The molecule has 1 aliphatic heterocycles. The van der Waals surface area contributed by atoms with E-state index in [2.05, 4.69) is 47.0 Å². The first kappa shape index (κ1) is 23.6. The molecular weight excluding hydrogens is 348 g/mol. The van der Waals surface area contributed by atoms with Crippen molar-refractivity contribution in [3.05, 3.63) is 59.5 Å². The molecule has 0 aromatic carbocycles. The Labute approximate surface area is 170 Å². The van der Waals surface area contributed by atoms with Crippen molar-refractivity contribution >= 4 is 12.1 Å². The van der Waals surface area contributed by atoms with Gasteiger partial charge in [-0.3, -0.25) is 14.7 Å². The smallest absolute Gasteiger partial charge is 0.220 e. The average molecular weight is 385 g/mol. The predicted molar refractivity (Wildman–Crippen MR) is 120 cm³/mol. The Morgan fingerprint density at radius 2 is 2.04 bits per heavy atom. The monoisotopic (exact) mass is 384 g/mol. The van der Waals surface area contributed by atoms with Gasteiger partial charge in [0.05, 0.1) is 0 Å². The van der Waals surface area contributed by atoms with Gasteiger partial charge in [-0.2, -0.15) is 0 Å². The van der Waals surface area contributed by atoms with Gasteiger partial charge in [-0.15, -0.1) is 0 Å². The van der Waals surface area contributed by atoms with Crippen LogP contribution in [0.4, 0.5) is 0 Å². The molecule has 1 saturated heterocycles. The number of nitrogens with zero attached hydrogens (tertiary/aromatic N) is 2.